The summed E-state index contributed by atoms with van der Waals surface area (Å²) in [5.41, 5.74) is 3.23. The van der Waals surface area contributed by atoms with Gasteiger partial charge in [-0.15, -0.1) is 0 Å². The van der Waals surface area contributed by atoms with Crippen LogP contribution in [0.25, 0.3) is 21.8 Å². The topological polar surface area (TPSA) is 75.1 Å². The van der Waals surface area contributed by atoms with Crippen LogP contribution in [0.3, 0.4) is 0 Å². The van der Waals surface area contributed by atoms with Crippen molar-refractivity contribution in [3.63, 3.8) is 0 Å². The Kier molecular flexibility index (Phi) is 4.77. The van der Waals surface area contributed by atoms with Crippen LogP contribution in [0.2, 0.25) is 0 Å². The molecule has 0 radical (unpaired) electrons. The predicted molar refractivity (Wildman–Crippen MR) is 121 cm³/mol. The zero-order valence-electron chi connectivity index (χ0n) is 16.6. The number of benzene rings is 3. The number of carbonyl (C=O) groups excluding carboxylic acids is 1. The lowest BCUT2D eigenvalue weighted by Crippen LogP contribution is -2.29. The second kappa shape index (κ2) is 7.88. The van der Waals surface area contributed by atoms with Crippen LogP contribution in [0, 0.1) is 0 Å². The van der Waals surface area contributed by atoms with E-state index in [-0.39, 0.29) is 11.7 Å². The number of phenols is 1. The second-order valence-electron chi connectivity index (χ2n) is 7.31. The van der Waals surface area contributed by atoms with Crippen LogP contribution in [0.1, 0.15) is 27.5 Å². The van der Waals surface area contributed by atoms with Crippen molar-refractivity contribution in [2.24, 2.45) is 0 Å². The van der Waals surface area contributed by atoms with Crippen LogP contribution < -0.4 is 5.32 Å². The summed E-state index contributed by atoms with van der Waals surface area (Å²) < 4.78 is 0. The summed E-state index contributed by atoms with van der Waals surface area (Å²) in [4.78, 5) is 21.9. The van der Waals surface area contributed by atoms with Crippen LogP contribution in [0.4, 0.5) is 0 Å². The average Bonchev–Trinajstić information content (AvgIpc) is 2.83. The van der Waals surface area contributed by atoms with Crippen LogP contribution in [-0.2, 0) is 0 Å². The summed E-state index contributed by atoms with van der Waals surface area (Å²) in [6.45, 7) is 0. The van der Waals surface area contributed by atoms with Crippen LogP contribution >= 0.6 is 0 Å². The van der Waals surface area contributed by atoms with E-state index in [0.717, 1.165) is 21.9 Å². The van der Waals surface area contributed by atoms with Crippen molar-refractivity contribution < 1.29 is 9.90 Å². The number of nitrogens with one attached hydrogen (secondary N) is 1. The molecule has 0 bridgehead atoms. The van der Waals surface area contributed by atoms with Gasteiger partial charge in [-0.3, -0.25) is 14.8 Å². The van der Waals surface area contributed by atoms with Crippen molar-refractivity contribution in [2.75, 3.05) is 0 Å². The van der Waals surface area contributed by atoms with Gasteiger partial charge in [-0.25, -0.2) is 0 Å². The summed E-state index contributed by atoms with van der Waals surface area (Å²) in [7, 11) is 0. The summed E-state index contributed by atoms with van der Waals surface area (Å²) >= 11 is 0. The van der Waals surface area contributed by atoms with E-state index in [1.165, 1.54) is 0 Å². The lowest BCUT2D eigenvalue weighted by atomic mass is 9.96. The van der Waals surface area contributed by atoms with Crippen molar-refractivity contribution in [1.29, 1.82) is 0 Å². The highest BCUT2D eigenvalue weighted by molar-refractivity contribution is 5.98. The third-order valence-electron chi connectivity index (χ3n) is 5.35. The fourth-order valence-corrected chi connectivity index (χ4v) is 3.77. The molecule has 150 valence electrons. The molecule has 2 aromatic heterocycles. The van der Waals surface area contributed by atoms with E-state index < -0.39 is 6.04 Å². The van der Waals surface area contributed by atoms with Crippen molar-refractivity contribution in [2.45, 2.75) is 6.04 Å². The predicted octanol–water partition coefficient (Wildman–Crippen LogP) is 5.01. The number of hydrogen-bond donors (Lipinski definition) is 2. The maximum Gasteiger partial charge on any atom is 0.253 e. The number of aromatic nitrogens is 2. The van der Waals surface area contributed by atoms with Crippen molar-refractivity contribution in [3.05, 3.63) is 114 Å². The van der Waals surface area contributed by atoms with E-state index >= 15 is 0 Å². The average molecular weight is 405 g/mol. The molecule has 0 aliphatic carbocycles. The summed E-state index contributed by atoms with van der Waals surface area (Å²) in [5, 5.41) is 15.8. The molecule has 2 heterocycles. The molecule has 0 aliphatic rings. The number of pyridine rings is 2. The molecule has 31 heavy (non-hydrogen) atoms. The molecule has 5 nitrogen and oxygen atoms in total. The number of rotatable bonds is 4. The highest BCUT2D eigenvalue weighted by atomic mass is 16.3. The van der Waals surface area contributed by atoms with Crippen molar-refractivity contribution in [1.82, 2.24) is 15.3 Å². The lowest BCUT2D eigenvalue weighted by Gasteiger charge is -2.21. The Morgan fingerprint density at radius 1 is 0.839 bits per heavy atom. The number of fused-ring (bicyclic) bond motifs is 2. The fraction of sp³-hybridized carbons (Fsp3) is 0.0385. The van der Waals surface area contributed by atoms with Gasteiger partial charge in [0.1, 0.15) is 11.3 Å². The van der Waals surface area contributed by atoms with Crippen LogP contribution in [0.5, 0.6) is 5.75 Å². The molecule has 5 rings (SSSR count). The first-order chi connectivity index (χ1) is 15.2. The molecule has 1 atom stereocenters. The molecule has 5 heteroatoms. The maximum atomic E-state index is 13.2. The van der Waals surface area contributed by atoms with Gasteiger partial charge in [-0.1, -0.05) is 66.7 Å². The normalized spacial score (nSPS) is 12.0. The van der Waals surface area contributed by atoms with Gasteiger partial charge in [0.05, 0.1) is 17.1 Å². The minimum absolute atomic E-state index is 0.0592. The number of nitrogens with zero attached hydrogens (tertiary/aromatic N) is 2. The highest BCUT2D eigenvalue weighted by Crippen LogP contribution is 2.34. The standard InChI is InChI=1S/C26H19N3O2/c30-25-21(13-12-18-10-6-14-27-24(18)25)23(17-7-2-1-3-8-17)29-26(31)20-15-19-9-4-5-11-22(19)28-16-20/h1-16,23,30H,(H,29,31). The SMILES string of the molecule is O=C(NC(c1ccccc1)c1ccc2cccnc2c1O)c1cnc2ccccc2c1. The van der Waals surface area contributed by atoms with Crippen LogP contribution in [-0.4, -0.2) is 21.0 Å². The molecular weight excluding hydrogens is 386 g/mol. The molecule has 1 amide bonds. The monoisotopic (exact) mass is 405 g/mol. The summed E-state index contributed by atoms with van der Waals surface area (Å²) in [6.07, 6.45) is 3.21. The molecule has 0 aliphatic heterocycles. The highest BCUT2D eigenvalue weighted by Gasteiger charge is 2.22. The Morgan fingerprint density at radius 3 is 2.48 bits per heavy atom. The zero-order valence-corrected chi connectivity index (χ0v) is 16.6. The van der Waals surface area contributed by atoms with Gasteiger partial charge in [0.2, 0.25) is 0 Å². The van der Waals surface area contributed by atoms with Gasteiger partial charge < -0.3 is 10.4 Å². The van der Waals surface area contributed by atoms with Gasteiger partial charge in [-0.2, -0.15) is 0 Å². The Labute approximate surface area is 179 Å². The van der Waals surface area contributed by atoms with E-state index in [9.17, 15) is 9.90 Å². The van der Waals surface area contributed by atoms with Gasteiger partial charge in [0, 0.05) is 28.7 Å². The Bertz CT molecular complexity index is 1400. The first kappa shape index (κ1) is 18.8. The number of phenolic OH excluding ortho intramolecular Hbond substituents is 1. The molecule has 3 aromatic carbocycles. The lowest BCUT2D eigenvalue weighted by molar-refractivity contribution is 0.0942. The molecule has 5 aromatic rings. The smallest absolute Gasteiger partial charge is 0.253 e. The van der Waals surface area contributed by atoms with Gasteiger partial charge >= 0.3 is 0 Å². The molecular formula is C26H19N3O2. The molecule has 0 saturated heterocycles. The third-order valence-corrected chi connectivity index (χ3v) is 5.35. The van der Waals surface area contributed by atoms with Gasteiger partial charge in [0.15, 0.2) is 0 Å². The van der Waals surface area contributed by atoms with E-state index in [1.54, 1.807) is 12.4 Å². The third kappa shape index (κ3) is 3.57. The Hall–Kier alpha value is -4.25. The van der Waals surface area contributed by atoms with Gasteiger partial charge in [-0.05, 0) is 23.8 Å². The zero-order chi connectivity index (χ0) is 21.2. The first-order valence-corrected chi connectivity index (χ1v) is 9.98. The minimum atomic E-state index is -0.549. The molecule has 0 fully saturated rings. The number of para-hydroxylation sites is 1. The molecule has 0 saturated carbocycles. The van der Waals surface area contributed by atoms with E-state index in [2.05, 4.69) is 15.3 Å². The van der Waals surface area contributed by atoms with Crippen LogP contribution in [0.15, 0.2) is 97.3 Å². The minimum Gasteiger partial charge on any atom is -0.505 e. The Balaban J connectivity index is 1.57. The number of aromatic hydroxyl groups is 1. The van der Waals surface area contributed by atoms with Crippen molar-refractivity contribution in [3.8, 4) is 5.75 Å². The Morgan fingerprint density at radius 2 is 1.61 bits per heavy atom. The largest absolute Gasteiger partial charge is 0.505 e. The summed E-state index contributed by atoms with van der Waals surface area (Å²) in [6, 6.07) is 25.9. The number of carbonyl (C=O) groups is 1. The number of hydrogen-bond acceptors (Lipinski definition) is 4. The summed E-state index contributed by atoms with van der Waals surface area (Å²) in [5.74, 6) is -0.212. The molecule has 1 unspecified atom stereocenters. The molecule has 0 spiro atoms. The number of amides is 1. The van der Waals surface area contributed by atoms with E-state index in [1.807, 2.05) is 84.9 Å². The van der Waals surface area contributed by atoms with Crippen molar-refractivity contribution >= 4 is 27.7 Å². The fourth-order valence-electron chi connectivity index (χ4n) is 3.77. The van der Waals surface area contributed by atoms with E-state index in [0.29, 0.717) is 16.6 Å². The van der Waals surface area contributed by atoms with E-state index in [4.69, 9.17) is 0 Å². The maximum absolute atomic E-state index is 13.2. The molecule has 2 N–H and O–H groups in total. The second-order valence-corrected chi connectivity index (χ2v) is 7.31. The van der Waals surface area contributed by atoms with Gasteiger partial charge in [0.25, 0.3) is 5.91 Å². The first-order valence-electron chi connectivity index (χ1n) is 9.98. The quantitative estimate of drug-likeness (QED) is 0.441.